The average molecular weight is 372 g/mol. The van der Waals surface area contributed by atoms with E-state index < -0.39 is 0 Å². The summed E-state index contributed by atoms with van der Waals surface area (Å²) in [6, 6.07) is 9.53. The molecule has 0 spiro atoms. The van der Waals surface area contributed by atoms with Crippen LogP contribution in [0.2, 0.25) is 0 Å². The highest BCUT2D eigenvalue weighted by Gasteiger charge is 2.15. The van der Waals surface area contributed by atoms with E-state index in [1.807, 2.05) is 32.9 Å². The fourth-order valence-electron chi connectivity index (χ4n) is 2.97. The first-order valence-electron chi connectivity index (χ1n) is 8.80. The molecule has 0 fully saturated rings. The molecule has 2 amide bonds. The van der Waals surface area contributed by atoms with Gasteiger partial charge in [-0.05, 0) is 49.6 Å². The number of hydrogen-bond acceptors (Lipinski definition) is 4. The van der Waals surface area contributed by atoms with E-state index in [4.69, 9.17) is 14.2 Å². The van der Waals surface area contributed by atoms with Crippen molar-refractivity contribution in [3.05, 3.63) is 52.6 Å². The number of carbonyl (C=O) groups is 1. The standard InChI is InChI=1S/C21H28N2O4/c1-13-7-8-14(2)17(9-13)15(3)23-21(24)22-12-16-10-18(25-4)20(27-6)19(11-16)26-5/h7-11,15H,12H2,1-6H3,(H2,22,23,24)/t15-/m1/s1. The number of carbonyl (C=O) groups excluding carboxylic acids is 1. The number of methoxy groups -OCH3 is 3. The summed E-state index contributed by atoms with van der Waals surface area (Å²) in [6.45, 7) is 6.39. The van der Waals surface area contributed by atoms with Crippen LogP contribution in [0.1, 0.15) is 35.2 Å². The van der Waals surface area contributed by atoms with Crippen LogP contribution in [0, 0.1) is 13.8 Å². The topological polar surface area (TPSA) is 68.8 Å². The van der Waals surface area contributed by atoms with Crippen LogP contribution < -0.4 is 24.8 Å². The van der Waals surface area contributed by atoms with Gasteiger partial charge >= 0.3 is 6.03 Å². The highest BCUT2D eigenvalue weighted by Crippen LogP contribution is 2.38. The predicted molar refractivity (Wildman–Crippen MR) is 106 cm³/mol. The minimum atomic E-state index is -0.239. The maximum Gasteiger partial charge on any atom is 0.315 e. The largest absolute Gasteiger partial charge is 0.493 e. The van der Waals surface area contributed by atoms with Crippen LogP contribution in [-0.2, 0) is 6.54 Å². The maximum absolute atomic E-state index is 12.3. The Bertz CT molecular complexity index is 780. The third-order valence-electron chi connectivity index (χ3n) is 4.43. The molecule has 0 heterocycles. The summed E-state index contributed by atoms with van der Waals surface area (Å²) in [6.07, 6.45) is 0. The Hall–Kier alpha value is -2.89. The molecule has 0 saturated heterocycles. The van der Waals surface area contributed by atoms with Crippen molar-refractivity contribution in [3.63, 3.8) is 0 Å². The van der Waals surface area contributed by atoms with Gasteiger partial charge < -0.3 is 24.8 Å². The van der Waals surface area contributed by atoms with Crippen molar-refractivity contribution in [2.75, 3.05) is 21.3 Å². The lowest BCUT2D eigenvalue weighted by Crippen LogP contribution is -2.36. The fourth-order valence-corrected chi connectivity index (χ4v) is 2.97. The second-order valence-corrected chi connectivity index (χ2v) is 6.44. The fraction of sp³-hybridized carbons (Fsp3) is 0.381. The third-order valence-corrected chi connectivity index (χ3v) is 4.43. The molecule has 6 nitrogen and oxygen atoms in total. The monoisotopic (exact) mass is 372 g/mol. The molecule has 0 aromatic heterocycles. The SMILES string of the molecule is COc1cc(CNC(=O)N[C@H](C)c2cc(C)ccc2C)cc(OC)c1OC. The van der Waals surface area contributed by atoms with E-state index in [1.165, 1.54) is 5.56 Å². The van der Waals surface area contributed by atoms with Crippen LogP contribution in [0.4, 0.5) is 4.79 Å². The lowest BCUT2D eigenvalue weighted by atomic mass is 10.0. The van der Waals surface area contributed by atoms with Gasteiger partial charge in [-0.15, -0.1) is 0 Å². The zero-order valence-electron chi connectivity index (χ0n) is 16.8. The number of rotatable bonds is 7. The molecule has 0 aliphatic heterocycles. The normalized spacial score (nSPS) is 11.5. The van der Waals surface area contributed by atoms with E-state index in [0.717, 1.165) is 16.7 Å². The first-order chi connectivity index (χ1) is 12.9. The van der Waals surface area contributed by atoms with Crippen LogP contribution in [0.3, 0.4) is 0 Å². The summed E-state index contributed by atoms with van der Waals surface area (Å²) in [4.78, 5) is 12.3. The number of hydrogen-bond donors (Lipinski definition) is 2. The number of benzene rings is 2. The molecule has 146 valence electrons. The van der Waals surface area contributed by atoms with E-state index in [9.17, 15) is 4.79 Å². The van der Waals surface area contributed by atoms with Gasteiger partial charge in [0.1, 0.15) is 0 Å². The minimum absolute atomic E-state index is 0.0927. The summed E-state index contributed by atoms with van der Waals surface area (Å²) in [5.41, 5.74) is 4.28. The molecule has 27 heavy (non-hydrogen) atoms. The molecule has 1 atom stereocenters. The van der Waals surface area contributed by atoms with Gasteiger partial charge in [-0.2, -0.15) is 0 Å². The van der Waals surface area contributed by atoms with Crippen molar-refractivity contribution in [2.24, 2.45) is 0 Å². The molecule has 0 unspecified atom stereocenters. The third kappa shape index (κ3) is 5.06. The molecule has 0 aliphatic carbocycles. The van der Waals surface area contributed by atoms with Crippen LogP contribution >= 0.6 is 0 Å². The summed E-state index contributed by atoms with van der Waals surface area (Å²) in [5, 5.41) is 5.85. The van der Waals surface area contributed by atoms with E-state index in [-0.39, 0.29) is 12.1 Å². The first-order valence-corrected chi connectivity index (χ1v) is 8.80. The Kier molecular flexibility index (Phi) is 6.93. The van der Waals surface area contributed by atoms with Crippen molar-refractivity contribution in [2.45, 2.75) is 33.4 Å². The first kappa shape index (κ1) is 20.4. The van der Waals surface area contributed by atoms with Gasteiger partial charge in [0.15, 0.2) is 11.5 Å². The number of urea groups is 1. The Morgan fingerprint density at radius 3 is 2.19 bits per heavy atom. The van der Waals surface area contributed by atoms with Crippen molar-refractivity contribution >= 4 is 6.03 Å². The van der Waals surface area contributed by atoms with Gasteiger partial charge in [-0.1, -0.05) is 23.8 Å². The van der Waals surface area contributed by atoms with Gasteiger partial charge in [0.25, 0.3) is 0 Å². The zero-order chi connectivity index (χ0) is 20.0. The molecule has 2 aromatic rings. The number of ether oxygens (including phenoxy) is 3. The molecular formula is C21H28N2O4. The number of aryl methyl sites for hydroxylation is 2. The quantitative estimate of drug-likeness (QED) is 0.774. The summed E-state index contributed by atoms with van der Waals surface area (Å²) in [5.74, 6) is 1.63. The lowest BCUT2D eigenvalue weighted by Gasteiger charge is -2.18. The number of nitrogens with one attached hydrogen (secondary N) is 2. The molecule has 2 N–H and O–H groups in total. The van der Waals surface area contributed by atoms with Crippen molar-refractivity contribution in [1.82, 2.24) is 10.6 Å². The minimum Gasteiger partial charge on any atom is -0.493 e. The Balaban J connectivity index is 2.04. The second kappa shape index (κ2) is 9.16. The lowest BCUT2D eigenvalue weighted by molar-refractivity contribution is 0.237. The summed E-state index contributed by atoms with van der Waals surface area (Å²) < 4.78 is 16.0. The van der Waals surface area contributed by atoms with Crippen LogP contribution in [0.15, 0.2) is 30.3 Å². The highest BCUT2D eigenvalue weighted by molar-refractivity contribution is 5.74. The smallest absolute Gasteiger partial charge is 0.315 e. The van der Waals surface area contributed by atoms with Crippen LogP contribution in [0.25, 0.3) is 0 Å². The molecule has 0 saturated carbocycles. The molecule has 2 rings (SSSR count). The van der Waals surface area contributed by atoms with E-state index in [2.05, 4.69) is 28.8 Å². The Morgan fingerprint density at radius 2 is 1.63 bits per heavy atom. The van der Waals surface area contributed by atoms with Gasteiger partial charge in [0, 0.05) is 6.54 Å². The zero-order valence-corrected chi connectivity index (χ0v) is 16.8. The van der Waals surface area contributed by atoms with Crippen LogP contribution in [-0.4, -0.2) is 27.4 Å². The molecule has 0 aliphatic rings. The van der Waals surface area contributed by atoms with Crippen molar-refractivity contribution in [3.8, 4) is 17.2 Å². The van der Waals surface area contributed by atoms with Crippen molar-refractivity contribution in [1.29, 1.82) is 0 Å². The average Bonchev–Trinajstić information content (AvgIpc) is 2.67. The molecule has 2 aromatic carbocycles. The van der Waals surface area contributed by atoms with Gasteiger partial charge in [-0.3, -0.25) is 0 Å². The van der Waals surface area contributed by atoms with Crippen LogP contribution in [0.5, 0.6) is 17.2 Å². The number of amides is 2. The van der Waals surface area contributed by atoms with Gasteiger partial charge in [0.2, 0.25) is 5.75 Å². The highest BCUT2D eigenvalue weighted by atomic mass is 16.5. The Labute approximate surface area is 160 Å². The maximum atomic E-state index is 12.3. The summed E-state index contributed by atoms with van der Waals surface area (Å²) >= 11 is 0. The molecule has 0 bridgehead atoms. The Morgan fingerprint density at radius 1 is 1.00 bits per heavy atom. The molecule has 6 heteroatoms. The van der Waals surface area contributed by atoms with Gasteiger partial charge in [0.05, 0.1) is 27.4 Å². The predicted octanol–water partition coefficient (Wildman–Crippen LogP) is 3.89. The second-order valence-electron chi connectivity index (χ2n) is 6.44. The van der Waals surface area contributed by atoms with Crippen molar-refractivity contribution < 1.29 is 19.0 Å². The summed E-state index contributed by atoms with van der Waals surface area (Å²) in [7, 11) is 4.68. The van der Waals surface area contributed by atoms with Gasteiger partial charge in [-0.25, -0.2) is 4.79 Å². The molecule has 0 radical (unpaired) electrons. The van der Waals surface area contributed by atoms with E-state index >= 15 is 0 Å². The van der Waals surface area contributed by atoms with E-state index in [0.29, 0.717) is 23.8 Å². The molecular weight excluding hydrogens is 344 g/mol. The van der Waals surface area contributed by atoms with E-state index in [1.54, 1.807) is 21.3 Å².